The van der Waals surface area contributed by atoms with Crippen molar-refractivity contribution in [3.05, 3.63) is 35.4 Å². The highest BCUT2D eigenvalue weighted by atomic mass is 19.4. The van der Waals surface area contributed by atoms with Gasteiger partial charge in [-0.1, -0.05) is 12.1 Å². The van der Waals surface area contributed by atoms with Crippen molar-refractivity contribution in [3.63, 3.8) is 0 Å². The molecule has 1 N–H and O–H groups in total. The van der Waals surface area contributed by atoms with Crippen LogP contribution in [0, 0.1) is 0 Å². The smallest absolute Gasteiger partial charge is 0.320 e. The molecule has 1 aromatic carbocycles. The van der Waals surface area contributed by atoms with E-state index in [1.54, 1.807) is 7.05 Å². The van der Waals surface area contributed by atoms with Crippen LogP contribution in [0.2, 0.25) is 0 Å². The Hall–Kier alpha value is -1.36. The molecule has 0 amide bonds. The maximum Gasteiger partial charge on any atom is 0.416 e. The van der Waals surface area contributed by atoms with Gasteiger partial charge in [-0.2, -0.15) is 13.2 Å². The van der Waals surface area contributed by atoms with Crippen molar-refractivity contribution in [1.29, 1.82) is 0 Å². The van der Waals surface area contributed by atoms with E-state index in [1.807, 2.05) is 0 Å². The highest BCUT2D eigenvalue weighted by molar-refractivity contribution is 5.80. The number of hydrogen-bond donors (Lipinski definition) is 1. The Labute approximate surface area is 104 Å². The van der Waals surface area contributed by atoms with Crippen molar-refractivity contribution in [1.82, 2.24) is 5.32 Å². The van der Waals surface area contributed by atoms with Crippen LogP contribution in [0.5, 0.6) is 0 Å². The van der Waals surface area contributed by atoms with Gasteiger partial charge in [0.25, 0.3) is 0 Å². The molecule has 0 bridgehead atoms. The molecule has 0 aliphatic heterocycles. The summed E-state index contributed by atoms with van der Waals surface area (Å²) in [6.07, 6.45) is -2.94. The van der Waals surface area contributed by atoms with Gasteiger partial charge < -0.3 is 5.32 Å². The third-order valence-electron chi connectivity index (χ3n) is 2.56. The summed E-state index contributed by atoms with van der Waals surface area (Å²) in [5.74, 6) is 0.0463. The lowest BCUT2D eigenvalue weighted by Crippen LogP contribution is -2.11. The summed E-state index contributed by atoms with van der Waals surface area (Å²) in [7, 11) is 1.81. The Morgan fingerprint density at radius 1 is 1.22 bits per heavy atom. The molecule has 5 heteroatoms. The molecule has 0 heterocycles. The monoisotopic (exact) mass is 259 g/mol. The first-order valence-corrected chi connectivity index (χ1v) is 5.76. The van der Waals surface area contributed by atoms with Crippen LogP contribution in [0.4, 0.5) is 13.2 Å². The van der Waals surface area contributed by atoms with E-state index in [2.05, 4.69) is 5.32 Å². The SMILES string of the molecule is CNCCCC(=O)Cc1ccc(C(F)(F)F)cc1. The first-order chi connectivity index (χ1) is 8.43. The summed E-state index contributed by atoms with van der Waals surface area (Å²) in [5, 5.41) is 2.93. The average molecular weight is 259 g/mol. The number of rotatable bonds is 6. The fourth-order valence-corrected chi connectivity index (χ4v) is 1.59. The zero-order chi connectivity index (χ0) is 13.6. The van der Waals surface area contributed by atoms with Crippen LogP contribution in [0.15, 0.2) is 24.3 Å². The maximum absolute atomic E-state index is 12.3. The van der Waals surface area contributed by atoms with E-state index in [-0.39, 0.29) is 12.2 Å². The van der Waals surface area contributed by atoms with Gasteiger partial charge in [0.1, 0.15) is 5.78 Å². The van der Waals surface area contributed by atoms with Crippen molar-refractivity contribution >= 4 is 5.78 Å². The maximum atomic E-state index is 12.3. The van der Waals surface area contributed by atoms with E-state index < -0.39 is 11.7 Å². The number of benzene rings is 1. The summed E-state index contributed by atoms with van der Waals surface area (Å²) < 4.78 is 36.9. The molecule has 1 aromatic rings. The van der Waals surface area contributed by atoms with Crippen LogP contribution in [-0.4, -0.2) is 19.4 Å². The second-order valence-corrected chi connectivity index (χ2v) is 4.12. The first-order valence-electron chi connectivity index (χ1n) is 5.76. The van der Waals surface area contributed by atoms with Crippen molar-refractivity contribution in [2.45, 2.75) is 25.4 Å². The first kappa shape index (κ1) is 14.7. The Kier molecular flexibility index (Phi) is 5.34. The van der Waals surface area contributed by atoms with Crippen LogP contribution in [0.1, 0.15) is 24.0 Å². The lowest BCUT2D eigenvalue weighted by atomic mass is 10.0. The molecule has 0 radical (unpaired) electrons. The minimum Gasteiger partial charge on any atom is -0.320 e. The second kappa shape index (κ2) is 6.54. The van der Waals surface area contributed by atoms with Gasteiger partial charge in [0.15, 0.2) is 0 Å². The summed E-state index contributed by atoms with van der Waals surface area (Å²) in [5.41, 5.74) is -0.0636. The molecule has 0 spiro atoms. The summed E-state index contributed by atoms with van der Waals surface area (Å²) in [6.45, 7) is 0.763. The quantitative estimate of drug-likeness (QED) is 0.796. The van der Waals surface area contributed by atoms with E-state index >= 15 is 0 Å². The van der Waals surface area contributed by atoms with Crippen molar-refractivity contribution < 1.29 is 18.0 Å². The van der Waals surface area contributed by atoms with E-state index in [1.165, 1.54) is 12.1 Å². The number of ketones is 1. The van der Waals surface area contributed by atoms with Crippen LogP contribution in [-0.2, 0) is 17.4 Å². The van der Waals surface area contributed by atoms with E-state index in [0.29, 0.717) is 12.0 Å². The number of nitrogens with one attached hydrogen (secondary N) is 1. The molecule has 0 unspecified atom stereocenters. The molecule has 100 valence electrons. The fourth-order valence-electron chi connectivity index (χ4n) is 1.59. The molecule has 0 aliphatic carbocycles. The standard InChI is InChI=1S/C13H16F3NO/c1-17-8-2-3-12(18)9-10-4-6-11(7-5-10)13(14,15)16/h4-7,17H,2-3,8-9H2,1H3. The topological polar surface area (TPSA) is 29.1 Å². The zero-order valence-electron chi connectivity index (χ0n) is 10.2. The van der Waals surface area contributed by atoms with Crippen molar-refractivity contribution in [2.75, 3.05) is 13.6 Å². The number of halogens is 3. The number of hydrogen-bond acceptors (Lipinski definition) is 2. The number of alkyl halides is 3. The van der Waals surface area contributed by atoms with Crippen LogP contribution in [0.3, 0.4) is 0 Å². The lowest BCUT2D eigenvalue weighted by molar-refractivity contribution is -0.137. The third kappa shape index (κ3) is 4.87. The molecule has 0 atom stereocenters. The van der Waals surface area contributed by atoms with Gasteiger partial charge >= 0.3 is 6.18 Å². The Morgan fingerprint density at radius 3 is 2.33 bits per heavy atom. The van der Waals surface area contributed by atoms with Gasteiger partial charge in [-0.25, -0.2) is 0 Å². The third-order valence-corrected chi connectivity index (χ3v) is 2.56. The molecule has 0 saturated carbocycles. The normalized spacial score (nSPS) is 11.6. The second-order valence-electron chi connectivity index (χ2n) is 4.12. The van der Waals surface area contributed by atoms with Crippen molar-refractivity contribution in [2.24, 2.45) is 0 Å². The van der Waals surface area contributed by atoms with E-state index in [4.69, 9.17) is 0 Å². The molecule has 0 aromatic heterocycles. The van der Waals surface area contributed by atoms with E-state index in [0.717, 1.165) is 25.1 Å². The Bertz CT molecular complexity index is 384. The largest absolute Gasteiger partial charge is 0.416 e. The van der Waals surface area contributed by atoms with Gasteiger partial charge in [-0.15, -0.1) is 0 Å². The van der Waals surface area contributed by atoms with Crippen LogP contribution >= 0.6 is 0 Å². The molecule has 0 saturated heterocycles. The predicted octanol–water partition coefficient (Wildman–Crippen LogP) is 2.82. The summed E-state index contributed by atoms with van der Waals surface area (Å²) in [4.78, 5) is 11.5. The van der Waals surface area contributed by atoms with Gasteiger partial charge in [0, 0.05) is 12.8 Å². The summed E-state index contributed by atoms with van der Waals surface area (Å²) >= 11 is 0. The zero-order valence-corrected chi connectivity index (χ0v) is 10.2. The van der Waals surface area contributed by atoms with Gasteiger partial charge in [-0.05, 0) is 37.7 Å². The predicted molar refractivity (Wildman–Crippen MR) is 63.3 cm³/mol. The molecule has 18 heavy (non-hydrogen) atoms. The highest BCUT2D eigenvalue weighted by Gasteiger charge is 2.29. The minimum absolute atomic E-state index is 0.0463. The van der Waals surface area contributed by atoms with Crippen LogP contribution in [0.25, 0.3) is 0 Å². The molecular formula is C13H16F3NO. The number of carbonyl (C=O) groups is 1. The summed E-state index contributed by atoms with van der Waals surface area (Å²) in [6, 6.07) is 4.74. The Morgan fingerprint density at radius 2 is 1.83 bits per heavy atom. The number of Topliss-reactive ketones (excluding diaryl/α,β-unsaturated/α-hetero) is 1. The minimum atomic E-state index is -4.32. The van der Waals surface area contributed by atoms with Crippen molar-refractivity contribution in [3.8, 4) is 0 Å². The highest BCUT2D eigenvalue weighted by Crippen LogP contribution is 2.29. The molecule has 0 fully saturated rings. The molecule has 1 rings (SSSR count). The van der Waals surface area contributed by atoms with Crippen LogP contribution < -0.4 is 5.32 Å². The molecular weight excluding hydrogens is 243 g/mol. The molecule has 2 nitrogen and oxygen atoms in total. The van der Waals surface area contributed by atoms with Gasteiger partial charge in [0.2, 0.25) is 0 Å². The van der Waals surface area contributed by atoms with Gasteiger partial charge in [-0.3, -0.25) is 4.79 Å². The fraction of sp³-hybridized carbons (Fsp3) is 0.462. The average Bonchev–Trinajstić information content (AvgIpc) is 2.29. The number of carbonyl (C=O) groups excluding carboxylic acids is 1. The van der Waals surface area contributed by atoms with Gasteiger partial charge in [0.05, 0.1) is 5.56 Å². The Balaban J connectivity index is 2.51. The lowest BCUT2D eigenvalue weighted by Gasteiger charge is -2.07. The molecule has 0 aliphatic rings. The van der Waals surface area contributed by atoms with E-state index in [9.17, 15) is 18.0 Å².